The lowest BCUT2D eigenvalue weighted by atomic mass is 10.2. The van der Waals surface area contributed by atoms with Crippen LogP contribution >= 0.6 is 11.6 Å². The zero-order valence-corrected chi connectivity index (χ0v) is 14.1. The second-order valence-corrected chi connectivity index (χ2v) is 5.36. The number of ether oxygens (including phenoxy) is 1. The minimum Gasteiger partial charge on any atom is -0.495 e. The fraction of sp³-hybridized carbons (Fsp3) is 0.111. The Bertz CT molecular complexity index is 773. The van der Waals surface area contributed by atoms with Gasteiger partial charge in [-0.3, -0.25) is 9.59 Å². The molecule has 0 aliphatic heterocycles. The third kappa shape index (κ3) is 4.86. The van der Waals surface area contributed by atoms with E-state index in [0.717, 1.165) is 5.56 Å². The number of carbonyl (C=O) groups excluding carboxylic acids is 2. The monoisotopic (exact) mass is 344 g/mol. The van der Waals surface area contributed by atoms with Crippen LogP contribution in [0.15, 0.2) is 54.2 Å². The first-order valence-electron chi connectivity index (χ1n) is 7.19. The molecule has 2 aromatic carbocycles. The van der Waals surface area contributed by atoms with Crippen molar-refractivity contribution in [2.24, 2.45) is 0 Å². The van der Waals surface area contributed by atoms with E-state index >= 15 is 0 Å². The molecule has 0 radical (unpaired) electrons. The molecule has 6 heteroatoms. The van der Waals surface area contributed by atoms with Crippen molar-refractivity contribution in [3.8, 4) is 5.75 Å². The second kappa shape index (κ2) is 8.17. The van der Waals surface area contributed by atoms with Crippen molar-refractivity contribution in [3.63, 3.8) is 0 Å². The Morgan fingerprint density at radius 1 is 1.12 bits per heavy atom. The molecule has 2 rings (SSSR count). The molecule has 5 nitrogen and oxygen atoms in total. The number of amides is 2. The molecule has 0 saturated heterocycles. The molecule has 124 valence electrons. The summed E-state index contributed by atoms with van der Waals surface area (Å²) in [7, 11) is 1.51. The first kappa shape index (κ1) is 17.6. The van der Waals surface area contributed by atoms with E-state index in [1.165, 1.54) is 14.0 Å². The molecular weight excluding hydrogens is 328 g/mol. The molecule has 0 bridgehead atoms. The maximum absolute atomic E-state index is 12.4. The number of hydrogen-bond acceptors (Lipinski definition) is 3. The van der Waals surface area contributed by atoms with Crippen molar-refractivity contribution in [2.75, 3.05) is 12.4 Å². The SMILES string of the molecule is COc1ccc(NC(=O)C(=Cc2ccccc2)NC(C)=O)cc1Cl. The van der Waals surface area contributed by atoms with Crippen molar-refractivity contribution in [2.45, 2.75) is 6.92 Å². The Morgan fingerprint density at radius 3 is 2.42 bits per heavy atom. The summed E-state index contributed by atoms with van der Waals surface area (Å²) in [5.74, 6) is -0.271. The van der Waals surface area contributed by atoms with E-state index in [9.17, 15) is 9.59 Å². The predicted octanol–water partition coefficient (Wildman–Crippen LogP) is 3.46. The highest BCUT2D eigenvalue weighted by atomic mass is 35.5. The van der Waals surface area contributed by atoms with Gasteiger partial charge in [0, 0.05) is 12.6 Å². The van der Waals surface area contributed by atoms with Crippen molar-refractivity contribution in [1.29, 1.82) is 0 Å². The Morgan fingerprint density at radius 2 is 1.83 bits per heavy atom. The van der Waals surface area contributed by atoms with Gasteiger partial charge in [-0.05, 0) is 29.8 Å². The van der Waals surface area contributed by atoms with Crippen LogP contribution in [-0.2, 0) is 9.59 Å². The highest BCUT2D eigenvalue weighted by Gasteiger charge is 2.12. The predicted molar refractivity (Wildman–Crippen MR) is 94.9 cm³/mol. The van der Waals surface area contributed by atoms with Crippen LogP contribution in [0.4, 0.5) is 5.69 Å². The summed E-state index contributed by atoms with van der Waals surface area (Å²) >= 11 is 6.05. The molecule has 0 aliphatic carbocycles. The highest BCUT2D eigenvalue weighted by molar-refractivity contribution is 6.32. The van der Waals surface area contributed by atoms with Gasteiger partial charge in [-0.1, -0.05) is 41.9 Å². The van der Waals surface area contributed by atoms with Crippen LogP contribution < -0.4 is 15.4 Å². The van der Waals surface area contributed by atoms with Gasteiger partial charge in [-0.25, -0.2) is 0 Å². The Balaban J connectivity index is 2.23. The lowest BCUT2D eigenvalue weighted by Gasteiger charge is -2.11. The average molecular weight is 345 g/mol. The van der Waals surface area contributed by atoms with E-state index in [2.05, 4.69) is 10.6 Å². The van der Waals surface area contributed by atoms with Crippen LogP contribution in [0, 0.1) is 0 Å². The van der Waals surface area contributed by atoms with Crippen molar-refractivity contribution in [1.82, 2.24) is 5.32 Å². The van der Waals surface area contributed by atoms with Gasteiger partial charge in [0.05, 0.1) is 12.1 Å². The number of rotatable bonds is 5. The molecule has 0 spiro atoms. The zero-order valence-electron chi connectivity index (χ0n) is 13.3. The van der Waals surface area contributed by atoms with Gasteiger partial charge in [0.2, 0.25) is 5.91 Å². The molecule has 24 heavy (non-hydrogen) atoms. The van der Waals surface area contributed by atoms with Crippen LogP contribution in [0.2, 0.25) is 5.02 Å². The molecular formula is C18H17ClN2O3. The van der Waals surface area contributed by atoms with Crippen molar-refractivity contribution < 1.29 is 14.3 Å². The van der Waals surface area contributed by atoms with Gasteiger partial charge < -0.3 is 15.4 Å². The molecule has 2 aromatic rings. The molecule has 0 aromatic heterocycles. The Labute approximate surface area is 145 Å². The number of carbonyl (C=O) groups is 2. The van der Waals surface area contributed by atoms with Gasteiger partial charge in [-0.15, -0.1) is 0 Å². The molecule has 0 heterocycles. The molecule has 2 N–H and O–H groups in total. The van der Waals surface area contributed by atoms with Crippen LogP contribution in [-0.4, -0.2) is 18.9 Å². The summed E-state index contributed by atoms with van der Waals surface area (Å²) in [6, 6.07) is 14.1. The topological polar surface area (TPSA) is 67.4 Å². The van der Waals surface area contributed by atoms with Crippen LogP contribution in [0.25, 0.3) is 6.08 Å². The Hall–Kier alpha value is -2.79. The van der Waals surface area contributed by atoms with Gasteiger partial charge in [-0.2, -0.15) is 0 Å². The molecule has 2 amide bonds. The summed E-state index contributed by atoms with van der Waals surface area (Å²) in [5, 5.41) is 5.61. The summed E-state index contributed by atoms with van der Waals surface area (Å²) in [6.45, 7) is 1.34. The number of nitrogens with one attached hydrogen (secondary N) is 2. The molecule has 0 atom stereocenters. The van der Waals surface area contributed by atoms with Crippen LogP contribution in [0.1, 0.15) is 12.5 Å². The number of anilines is 1. The number of halogens is 1. The van der Waals surface area contributed by atoms with E-state index in [4.69, 9.17) is 16.3 Å². The van der Waals surface area contributed by atoms with Gasteiger partial charge in [0.25, 0.3) is 5.91 Å². The van der Waals surface area contributed by atoms with Gasteiger partial charge in [0.1, 0.15) is 11.4 Å². The number of benzene rings is 2. The molecule has 0 saturated carbocycles. The van der Waals surface area contributed by atoms with E-state index in [1.54, 1.807) is 24.3 Å². The third-order valence-corrected chi connectivity index (χ3v) is 3.37. The fourth-order valence-electron chi connectivity index (χ4n) is 2.01. The smallest absolute Gasteiger partial charge is 0.272 e. The first-order chi connectivity index (χ1) is 11.5. The lowest BCUT2D eigenvalue weighted by Crippen LogP contribution is -2.28. The summed E-state index contributed by atoms with van der Waals surface area (Å²) in [6.07, 6.45) is 1.60. The molecule has 0 unspecified atom stereocenters. The first-order valence-corrected chi connectivity index (χ1v) is 7.56. The molecule has 0 fully saturated rings. The minimum atomic E-state index is -0.449. The average Bonchev–Trinajstić information content (AvgIpc) is 2.55. The second-order valence-electron chi connectivity index (χ2n) is 4.95. The van der Waals surface area contributed by atoms with E-state index in [0.29, 0.717) is 16.5 Å². The van der Waals surface area contributed by atoms with E-state index in [1.807, 2.05) is 30.3 Å². The van der Waals surface area contributed by atoms with Gasteiger partial charge >= 0.3 is 0 Å². The normalized spacial score (nSPS) is 10.9. The van der Waals surface area contributed by atoms with Crippen molar-refractivity contribution >= 4 is 35.2 Å². The maximum atomic E-state index is 12.4. The number of methoxy groups -OCH3 is 1. The quantitative estimate of drug-likeness (QED) is 0.816. The lowest BCUT2D eigenvalue weighted by molar-refractivity contribution is -0.120. The largest absolute Gasteiger partial charge is 0.495 e. The summed E-state index contributed by atoms with van der Waals surface area (Å²) < 4.78 is 5.07. The summed E-state index contributed by atoms with van der Waals surface area (Å²) in [4.78, 5) is 23.8. The van der Waals surface area contributed by atoms with Gasteiger partial charge in [0.15, 0.2) is 0 Å². The highest BCUT2D eigenvalue weighted by Crippen LogP contribution is 2.27. The minimum absolute atomic E-state index is 0.139. The third-order valence-electron chi connectivity index (χ3n) is 3.08. The van der Waals surface area contributed by atoms with Crippen molar-refractivity contribution in [3.05, 3.63) is 64.8 Å². The fourth-order valence-corrected chi connectivity index (χ4v) is 2.26. The van der Waals surface area contributed by atoms with E-state index in [-0.39, 0.29) is 11.6 Å². The van der Waals surface area contributed by atoms with Crippen LogP contribution in [0.3, 0.4) is 0 Å². The number of hydrogen-bond donors (Lipinski definition) is 2. The zero-order chi connectivity index (χ0) is 17.5. The standard InChI is InChI=1S/C18H17ClN2O3/c1-12(22)20-16(10-13-6-4-3-5-7-13)18(23)21-14-8-9-17(24-2)15(19)11-14/h3-11H,1-2H3,(H,20,22)(H,21,23). The Kier molecular flexibility index (Phi) is 5.98. The van der Waals surface area contributed by atoms with Crippen LogP contribution in [0.5, 0.6) is 5.75 Å². The maximum Gasteiger partial charge on any atom is 0.272 e. The summed E-state index contributed by atoms with van der Waals surface area (Å²) in [5.41, 5.74) is 1.43. The molecule has 0 aliphatic rings. The van der Waals surface area contributed by atoms with E-state index < -0.39 is 5.91 Å².